The fourth-order valence-corrected chi connectivity index (χ4v) is 1.91. The molecule has 1 aromatic carbocycles. The van der Waals surface area contributed by atoms with Crippen LogP contribution in [-0.4, -0.2) is 37.5 Å². The Kier molecular flexibility index (Phi) is 4.30. The van der Waals surface area contributed by atoms with Gasteiger partial charge in [0.1, 0.15) is 6.10 Å². The molecule has 0 aromatic heterocycles. The van der Waals surface area contributed by atoms with Crippen molar-refractivity contribution in [1.82, 2.24) is 0 Å². The van der Waals surface area contributed by atoms with E-state index in [2.05, 4.69) is 0 Å². The van der Waals surface area contributed by atoms with E-state index in [9.17, 15) is 4.79 Å². The number of carboxylic acid groups (broad SMARTS) is 1. The third-order valence-electron chi connectivity index (χ3n) is 2.78. The molecule has 0 bridgehead atoms. The van der Waals surface area contributed by atoms with Crippen molar-refractivity contribution in [2.45, 2.75) is 18.8 Å². The van der Waals surface area contributed by atoms with Crippen LogP contribution in [0.1, 0.15) is 17.2 Å². The van der Waals surface area contributed by atoms with Gasteiger partial charge in [0.25, 0.3) is 0 Å². The number of ether oxygens (including phenoxy) is 3. The third-order valence-corrected chi connectivity index (χ3v) is 2.78. The van der Waals surface area contributed by atoms with Crippen LogP contribution in [-0.2, 0) is 25.6 Å². The maximum atomic E-state index is 10.9. The zero-order chi connectivity index (χ0) is 13.0. The van der Waals surface area contributed by atoms with Crippen LogP contribution in [0.3, 0.4) is 0 Å². The lowest BCUT2D eigenvalue weighted by atomic mass is 10.1. The molecule has 1 aliphatic heterocycles. The van der Waals surface area contributed by atoms with Gasteiger partial charge < -0.3 is 19.3 Å². The molecular weight excluding hydrogens is 236 g/mol. The summed E-state index contributed by atoms with van der Waals surface area (Å²) in [6, 6.07) is 7.70. The van der Waals surface area contributed by atoms with E-state index in [1.165, 1.54) is 0 Å². The lowest BCUT2D eigenvalue weighted by molar-refractivity contribution is -0.179. The first-order chi connectivity index (χ1) is 8.70. The van der Waals surface area contributed by atoms with Crippen LogP contribution in [0.5, 0.6) is 0 Å². The van der Waals surface area contributed by atoms with Crippen molar-refractivity contribution in [1.29, 1.82) is 0 Å². The van der Waals surface area contributed by atoms with Crippen molar-refractivity contribution in [3.8, 4) is 0 Å². The molecule has 98 valence electrons. The lowest BCUT2D eigenvalue weighted by Gasteiger charge is -2.28. The van der Waals surface area contributed by atoms with E-state index < -0.39 is 12.1 Å². The topological polar surface area (TPSA) is 65.0 Å². The van der Waals surface area contributed by atoms with E-state index in [1.807, 2.05) is 24.3 Å². The molecule has 1 heterocycles. The highest BCUT2D eigenvalue weighted by Gasteiger charge is 2.29. The van der Waals surface area contributed by atoms with Gasteiger partial charge in [0.05, 0.1) is 19.8 Å². The van der Waals surface area contributed by atoms with Gasteiger partial charge in [-0.05, 0) is 11.1 Å². The van der Waals surface area contributed by atoms with Gasteiger partial charge in [-0.25, -0.2) is 4.79 Å². The van der Waals surface area contributed by atoms with Crippen LogP contribution in [0.2, 0.25) is 0 Å². The fraction of sp³-hybridized carbons (Fsp3) is 0.462. The molecule has 1 saturated heterocycles. The summed E-state index contributed by atoms with van der Waals surface area (Å²) < 4.78 is 15.8. The standard InChI is InChI=1S/C13H16O5/c1-16-6-9-3-2-4-10(5-9)11-7-17-8-12(18-11)13(14)15/h2-5,11-12H,6-8H2,1H3,(H,14,15). The van der Waals surface area contributed by atoms with Crippen LogP contribution < -0.4 is 0 Å². The highest BCUT2D eigenvalue weighted by Crippen LogP contribution is 2.24. The van der Waals surface area contributed by atoms with Crippen LogP contribution in [0.15, 0.2) is 24.3 Å². The van der Waals surface area contributed by atoms with E-state index in [-0.39, 0.29) is 12.7 Å². The monoisotopic (exact) mass is 252 g/mol. The molecule has 2 atom stereocenters. The predicted molar refractivity (Wildman–Crippen MR) is 63.2 cm³/mol. The Morgan fingerprint density at radius 2 is 2.33 bits per heavy atom. The molecule has 2 rings (SSSR count). The van der Waals surface area contributed by atoms with E-state index in [0.717, 1.165) is 11.1 Å². The van der Waals surface area contributed by atoms with Crippen LogP contribution in [0.25, 0.3) is 0 Å². The summed E-state index contributed by atoms with van der Waals surface area (Å²) in [6.07, 6.45) is -1.23. The second-order valence-corrected chi connectivity index (χ2v) is 4.17. The molecule has 18 heavy (non-hydrogen) atoms. The van der Waals surface area contributed by atoms with Gasteiger partial charge in [0, 0.05) is 7.11 Å². The number of aliphatic carboxylic acids is 1. The smallest absolute Gasteiger partial charge is 0.335 e. The lowest BCUT2D eigenvalue weighted by Crippen LogP contribution is -2.37. The summed E-state index contributed by atoms with van der Waals surface area (Å²) in [6.45, 7) is 0.994. The Balaban J connectivity index is 2.10. The van der Waals surface area contributed by atoms with Crippen molar-refractivity contribution in [3.05, 3.63) is 35.4 Å². The Labute approximate surface area is 105 Å². The molecule has 1 aliphatic rings. The van der Waals surface area contributed by atoms with Crippen molar-refractivity contribution >= 4 is 5.97 Å². The Morgan fingerprint density at radius 1 is 1.50 bits per heavy atom. The van der Waals surface area contributed by atoms with Crippen molar-refractivity contribution in [3.63, 3.8) is 0 Å². The zero-order valence-corrected chi connectivity index (χ0v) is 10.2. The summed E-state index contributed by atoms with van der Waals surface area (Å²) >= 11 is 0. The second-order valence-electron chi connectivity index (χ2n) is 4.17. The van der Waals surface area contributed by atoms with Gasteiger partial charge in [0.2, 0.25) is 0 Å². The van der Waals surface area contributed by atoms with Crippen molar-refractivity contribution < 1.29 is 24.1 Å². The number of methoxy groups -OCH3 is 1. The number of benzene rings is 1. The van der Waals surface area contributed by atoms with Gasteiger partial charge in [0.15, 0.2) is 6.10 Å². The SMILES string of the molecule is COCc1cccc(C2COCC(C(=O)O)O2)c1. The molecule has 0 radical (unpaired) electrons. The maximum absolute atomic E-state index is 10.9. The minimum Gasteiger partial charge on any atom is -0.479 e. The van der Waals surface area contributed by atoms with Gasteiger partial charge in [-0.15, -0.1) is 0 Å². The molecule has 0 saturated carbocycles. The summed E-state index contributed by atoms with van der Waals surface area (Å²) in [5.41, 5.74) is 1.94. The fourth-order valence-electron chi connectivity index (χ4n) is 1.91. The molecule has 5 nitrogen and oxygen atoms in total. The van der Waals surface area contributed by atoms with E-state index in [4.69, 9.17) is 19.3 Å². The Hall–Kier alpha value is -1.43. The molecule has 1 N–H and O–H groups in total. The van der Waals surface area contributed by atoms with E-state index in [1.54, 1.807) is 7.11 Å². The third kappa shape index (κ3) is 3.07. The van der Waals surface area contributed by atoms with Gasteiger partial charge in [-0.2, -0.15) is 0 Å². The minimum atomic E-state index is -0.993. The van der Waals surface area contributed by atoms with Gasteiger partial charge in [-0.3, -0.25) is 0 Å². The summed E-state index contributed by atoms with van der Waals surface area (Å²) in [4.78, 5) is 10.9. The second kappa shape index (κ2) is 5.95. The summed E-state index contributed by atoms with van der Waals surface area (Å²) in [7, 11) is 1.63. The average molecular weight is 252 g/mol. The first-order valence-corrected chi connectivity index (χ1v) is 5.74. The highest BCUT2D eigenvalue weighted by atomic mass is 16.6. The predicted octanol–water partition coefficient (Wildman–Crippen LogP) is 1.37. The number of hydrogen-bond acceptors (Lipinski definition) is 4. The molecular formula is C13H16O5. The van der Waals surface area contributed by atoms with Crippen LogP contribution in [0, 0.1) is 0 Å². The van der Waals surface area contributed by atoms with Crippen molar-refractivity contribution in [2.24, 2.45) is 0 Å². The molecule has 0 amide bonds. The van der Waals surface area contributed by atoms with Crippen molar-refractivity contribution in [2.75, 3.05) is 20.3 Å². The van der Waals surface area contributed by atoms with Gasteiger partial charge >= 0.3 is 5.97 Å². The maximum Gasteiger partial charge on any atom is 0.335 e. The largest absolute Gasteiger partial charge is 0.479 e. The average Bonchev–Trinajstić information content (AvgIpc) is 2.39. The number of carbonyl (C=O) groups is 1. The molecule has 1 aromatic rings. The Bertz CT molecular complexity index is 418. The minimum absolute atomic E-state index is 0.101. The number of rotatable bonds is 4. The normalized spacial score (nSPS) is 23.8. The zero-order valence-electron chi connectivity index (χ0n) is 10.2. The highest BCUT2D eigenvalue weighted by molar-refractivity contribution is 5.72. The van der Waals surface area contributed by atoms with E-state index >= 15 is 0 Å². The first kappa shape index (κ1) is 13.0. The number of carboxylic acids is 1. The quantitative estimate of drug-likeness (QED) is 0.876. The molecule has 0 aliphatic carbocycles. The summed E-state index contributed by atoms with van der Waals surface area (Å²) in [5, 5.41) is 8.92. The summed E-state index contributed by atoms with van der Waals surface area (Å²) in [5.74, 6) is -0.993. The molecule has 5 heteroatoms. The molecule has 2 unspecified atom stereocenters. The van der Waals surface area contributed by atoms with Crippen LogP contribution >= 0.6 is 0 Å². The van der Waals surface area contributed by atoms with E-state index in [0.29, 0.717) is 13.2 Å². The molecule has 1 fully saturated rings. The van der Waals surface area contributed by atoms with Crippen LogP contribution in [0.4, 0.5) is 0 Å². The number of hydrogen-bond donors (Lipinski definition) is 1. The first-order valence-electron chi connectivity index (χ1n) is 5.74. The Morgan fingerprint density at radius 3 is 3.06 bits per heavy atom. The molecule has 0 spiro atoms. The van der Waals surface area contributed by atoms with Gasteiger partial charge in [-0.1, -0.05) is 24.3 Å².